The summed E-state index contributed by atoms with van der Waals surface area (Å²) in [5.41, 5.74) is 3.48. The highest BCUT2D eigenvalue weighted by atomic mass is 19.3. The van der Waals surface area contributed by atoms with Gasteiger partial charge in [0, 0.05) is 62.2 Å². The van der Waals surface area contributed by atoms with Crippen molar-refractivity contribution in [3.8, 4) is 11.1 Å². The molecular weight excluding hydrogens is 388 g/mol. The Morgan fingerprint density at radius 2 is 2.07 bits per heavy atom. The summed E-state index contributed by atoms with van der Waals surface area (Å²) in [6, 6.07) is 3.35. The van der Waals surface area contributed by atoms with Gasteiger partial charge in [-0.15, -0.1) is 0 Å². The molecule has 2 aliphatic rings. The smallest absolute Gasteiger partial charge is 0.264 e. The number of rotatable bonds is 3. The number of halogens is 2. The first-order valence-corrected chi connectivity index (χ1v) is 10.1. The summed E-state index contributed by atoms with van der Waals surface area (Å²) in [5, 5.41) is 12.9. The van der Waals surface area contributed by atoms with Crippen molar-refractivity contribution < 1.29 is 13.6 Å². The minimum atomic E-state index is -2.63. The number of hydrogen-bond donors (Lipinski definition) is 1. The minimum absolute atomic E-state index is 0.0199. The van der Waals surface area contributed by atoms with Gasteiger partial charge in [0.1, 0.15) is 5.84 Å². The molecule has 0 radical (unpaired) electrons. The third-order valence-corrected chi connectivity index (χ3v) is 5.79. The third kappa shape index (κ3) is 3.74. The number of alkyl halides is 2. The Morgan fingerprint density at radius 1 is 1.27 bits per heavy atom. The molecule has 0 spiro atoms. The lowest BCUT2D eigenvalue weighted by Crippen LogP contribution is -2.42. The second-order valence-electron chi connectivity index (χ2n) is 7.83. The van der Waals surface area contributed by atoms with Crippen LogP contribution in [0.15, 0.2) is 36.2 Å². The zero-order chi connectivity index (χ0) is 21.4. The van der Waals surface area contributed by atoms with Crippen molar-refractivity contribution in [3.05, 3.63) is 47.3 Å². The SMILES string of the molecule is CC(=O)N1CCC=C(C(=N)N2CCCc3cc(-c4cnn(C)c4)c(C(F)F)cc32)C1. The highest BCUT2D eigenvalue weighted by molar-refractivity contribution is 6.09. The van der Waals surface area contributed by atoms with Gasteiger partial charge in [-0.1, -0.05) is 6.08 Å². The van der Waals surface area contributed by atoms with Crippen molar-refractivity contribution in [1.29, 1.82) is 5.41 Å². The Hall–Kier alpha value is -3.03. The van der Waals surface area contributed by atoms with E-state index in [1.54, 1.807) is 29.0 Å². The topological polar surface area (TPSA) is 65.2 Å². The van der Waals surface area contributed by atoms with Crippen LogP contribution in [-0.2, 0) is 18.3 Å². The lowest BCUT2D eigenvalue weighted by atomic mass is 9.92. The van der Waals surface area contributed by atoms with Gasteiger partial charge < -0.3 is 9.80 Å². The molecule has 8 heteroatoms. The Bertz CT molecular complexity index is 1030. The molecule has 30 heavy (non-hydrogen) atoms. The third-order valence-electron chi connectivity index (χ3n) is 5.79. The number of aromatic nitrogens is 2. The first-order valence-electron chi connectivity index (χ1n) is 10.1. The molecule has 0 unspecified atom stereocenters. The highest BCUT2D eigenvalue weighted by Gasteiger charge is 2.28. The number of amidine groups is 1. The molecule has 1 aromatic carbocycles. The van der Waals surface area contributed by atoms with Gasteiger partial charge in [-0.05, 0) is 42.5 Å². The maximum atomic E-state index is 14.0. The van der Waals surface area contributed by atoms with E-state index < -0.39 is 6.43 Å². The largest absolute Gasteiger partial charge is 0.338 e. The zero-order valence-corrected chi connectivity index (χ0v) is 17.2. The van der Waals surface area contributed by atoms with Crippen molar-refractivity contribution in [2.24, 2.45) is 7.05 Å². The van der Waals surface area contributed by atoms with Crippen molar-refractivity contribution in [2.45, 2.75) is 32.6 Å². The highest BCUT2D eigenvalue weighted by Crippen LogP contribution is 2.39. The molecule has 0 saturated carbocycles. The summed E-state index contributed by atoms with van der Waals surface area (Å²) in [5.74, 6) is 0.268. The Morgan fingerprint density at radius 3 is 2.73 bits per heavy atom. The van der Waals surface area contributed by atoms with Gasteiger partial charge in [0.25, 0.3) is 6.43 Å². The molecule has 1 amide bonds. The van der Waals surface area contributed by atoms with Gasteiger partial charge in [-0.25, -0.2) is 8.78 Å². The molecule has 2 aromatic rings. The predicted octanol–water partition coefficient (Wildman–Crippen LogP) is 3.93. The molecule has 1 aromatic heterocycles. The monoisotopic (exact) mass is 413 g/mol. The number of nitrogens with one attached hydrogen (secondary N) is 1. The lowest BCUT2D eigenvalue weighted by Gasteiger charge is -2.35. The first-order chi connectivity index (χ1) is 14.3. The van der Waals surface area contributed by atoms with Gasteiger partial charge in [-0.3, -0.25) is 14.9 Å². The standard InChI is InChI=1S/C22H25F2N5O/c1-14(30)28-7-3-6-16(13-28)22(25)29-8-4-5-15-9-18(17-11-26-27(2)12-17)19(21(23)24)10-20(15)29/h6,9-12,21,25H,3-5,7-8,13H2,1-2H3. The van der Waals surface area contributed by atoms with E-state index in [9.17, 15) is 13.6 Å². The van der Waals surface area contributed by atoms with Crippen LogP contribution in [0.2, 0.25) is 0 Å². The molecule has 158 valence electrons. The normalized spacial score (nSPS) is 16.5. The average molecular weight is 413 g/mol. The van der Waals surface area contributed by atoms with E-state index in [1.165, 1.54) is 13.0 Å². The number of carbonyl (C=O) groups excluding carboxylic acids is 1. The van der Waals surface area contributed by atoms with Crippen LogP contribution in [0.3, 0.4) is 0 Å². The van der Waals surface area contributed by atoms with E-state index in [-0.39, 0.29) is 17.3 Å². The van der Waals surface area contributed by atoms with Gasteiger partial charge >= 0.3 is 0 Å². The number of aryl methyl sites for hydroxylation is 2. The number of anilines is 1. The minimum Gasteiger partial charge on any atom is -0.338 e. The van der Waals surface area contributed by atoms with E-state index in [1.807, 2.05) is 17.0 Å². The summed E-state index contributed by atoms with van der Waals surface area (Å²) in [4.78, 5) is 15.3. The predicted molar refractivity (Wildman–Crippen MR) is 112 cm³/mol. The maximum absolute atomic E-state index is 14.0. The Labute approximate surface area is 174 Å². The van der Waals surface area contributed by atoms with Crippen LogP contribution in [0.5, 0.6) is 0 Å². The molecule has 6 nitrogen and oxygen atoms in total. The summed E-state index contributed by atoms with van der Waals surface area (Å²) in [6.45, 7) is 3.15. The second kappa shape index (κ2) is 8.01. The molecule has 4 rings (SSSR count). The molecule has 0 saturated heterocycles. The van der Waals surface area contributed by atoms with Crippen molar-refractivity contribution in [2.75, 3.05) is 24.5 Å². The summed E-state index contributed by atoms with van der Waals surface area (Å²) < 4.78 is 29.5. The number of benzene rings is 1. The average Bonchev–Trinajstić information content (AvgIpc) is 3.18. The Balaban J connectivity index is 1.72. The van der Waals surface area contributed by atoms with Crippen molar-refractivity contribution in [1.82, 2.24) is 14.7 Å². The zero-order valence-electron chi connectivity index (χ0n) is 17.2. The molecule has 1 N–H and O–H groups in total. The van der Waals surface area contributed by atoms with Crippen LogP contribution in [-0.4, -0.2) is 46.1 Å². The van der Waals surface area contributed by atoms with E-state index >= 15 is 0 Å². The fraction of sp³-hybridized carbons (Fsp3) is 0.409. The molecule has 2 aliphatic heterocycles. The fourth-order valence-electron chi connectivity index (χ4n) is 4.23. The van der Waals surface area contributed by atoms with Gasteiger partial charge in [0.05, 0.1) is 6.20 Å². The van der Waals surface area contributed by atoms with E-state index in [2.05, 4.69) is 5.10 Å². The quantitative estimate of drug-likeness (QED) is 0.613. The van der Waals surface area contributed by atoms with Crippen LogP contribution >= 0.6 is 0 Å². The van der Waals surface area contributed by atoms with E-state index in [0.717, 1.165) is 24.0 Å². The molecule has 3 heterocycles. The van der Waals surface area contributed by atoms with Gasteiger partial charge in [0.2, 0.25) is 5.91 Å². The van der Waals surface area contributed by atoms with Crippen LogP contribution in [0.25, 0.3) is 11.1 Å². The van der Waals surface area contributed by atoms with Crippen LogP contribution in [0, 0.1) is 5.41 Å². The van der Waals surface area contributed by atoms with E-state index in [4.69, 9.17) is 5.41 Å². The molecule has 0 bridgehead atoms. The van der Waals surface area contributed by atoms with Crippen LogP contribution < -0.4 is 4.90 Å². The second-order valence-corrected chi connectivity index (χ2v) is 7.83. The van der Waals surface area contributed by atoms with Crippen LogP contribution in [0.1, 0.15) is 37.3 Å². The number of fused-ring (bicyclic) bond motifs is 1. The molecule has 0 fully saturated rings. The number of hydrogen-bond acceptors (Lipinski definition) is 3. The fourth-order valence-corrected chi connectivity index (χ4v) is 4.23. The summed E-state index contributed by atoms with van der Waals surface area (Å²) >= 11 is 0. The van der Waals surface area contributed by atoms with Gasteiger partial charge in [0.15, 0.2) is 0 Å². The van der Waals surface area contributed by atoms with Crippen molar-refractivity contribution in [3.63, 3.8) is 0 Å². The maximum Gasteiger partial charge on any atom is 0.264 e. The summed E-state index contributed by atoms with van der Waals surface area (Å²) in [6.07, 6.45) is 4.98. The lowest BCUT2D eigenvalue weighted by molar-refractivity contribution is -0.128. The number of nitrogens with zero attached hydrogens (tertiary/aromatic N) is 4. The van der Waals surface area contributed by atoms with Gasteiger partial charge in [-0.2, -0.15) is 5.10 Å². The van der Waals surface area contributed by atoms with Crippen LogP contribution in [0.4, 0.5) is 14.5 Å². The number of amides is 1. The number of carbonyl (C=O) groups is 1. The van der Waals surface area contributed by atoms with E-state index in [0.29, 0.717) is 42.9 Å². The van der Waals surface area contributed by atoms with Crippen molar-refractivity contribution >= 4 is 17.4 Å². The Kier molecular flexibility index (Phi) is 5.40. The molecular formula is C22H25F2N5O. The summed E-state index contributed by atoms with van der Waals surface area (Å²) in [7, 11) is 1.76. The molecule has 0 atom stereocenters. The molecule has 0 aliphatic carbocycles. The first kappa shape index (κ1) is 20.3.